The van der Waals surface area contributed by atoms with E-state index in [0.717, 1.165) is 11.4 Å². The molecule has 1 spiro atoms. The van der Waals surface area contributed by atoms with Crippen molar-refractivity contribution in [1.82, 2.24) is 4.98 Å². The molecule has 0 saturated heterocycles. The molecule has 36 heavy (non-hydrogen) atoms. The summed E-state index contributed by atoms with van der Waals surface area (Å²) in [5.41, 5.74) is 17.7. The van der Waals surface area contributed by atoms with Crippen molar-refractivity contribution in [2.24, 2.45) is 7.05 Å². The second kappa shape index (κ2) is 7.24. The number of aromatic nitrogens is 2. The Morgan fingerprint density at radius 3 is 1.61 bits per heavy atom. The van der Waals surface area contributed by atoms with Crippen LogP contribution in [0.1, 0.15) is 44.9 Å². The van der Waals surface area contributed by atoms with Crippen molar-refractivity contribution in [2.45, 2.75) is 33.1 Å². The van der Waals surface area contributed by atoms with Crippen molar-refractivity contribution in [3.05, 3.63) is 130 Å². The highest BCUT2D eigenvalue weighted by Gasteiger charge is 2.51. The van der Waals surface area contributed by atoms with Gasteiger partial charge in [-0.2, -0.15) is 4.57 Å². The molecule has 2 aliphatic rings. The minimum absolute atomic E-state index is 0.318. The van der Waals surface area contributed by atoms with Crippen molar-refractivity contribution in [3.63, 3.8) is 0 Å². The van der Waals surface area contributed by atoms with Gasteiger partial charge >= 0.3 is 0 Å². The zero-order valence-electron chi connectivity index (χ0n) is 21.5. The van der Waals surface area contributed by atoms with Crippen LogP contribution in [0.15, 0.2) is 84.9 Å². The van der Waals surface area contributed by atoms with Crippen LogP contribution >= 0.6 is 0 Å². The Kier molecular flexibility index (Phi) is 4.27. The number of benzene rings is 4. The topological polar surface area (TPSA) is 16.8 Å². The Hall–Kier alpha value is -4.04. The number of aryl methyl sites for hydroxylation is 3. The van der Waals surface area contributed by atoms with E-state index >= 15 is 0 Å². The van der Waals surface area contributed by atoms with Crippen LogP contribution in [-0.2, 0) is 12.5 Å². The summed E-state index contributed by atoms with van der Waals surface area (Å²) in [5.74, 6) is 0. The van der Waals surface area contributed by atoms with Gasteiger partial charge in [-0.15, -0.1) is 0 Å². The third kappa shape index (κ3) is 2.47. The highest BCUT2D eigenvalue weighted by atomic mass is 15.0. The predicted octanol–water partition coefficient (Wildman–Crippen LogP) is 7.15. The molecule has 0 fully saturated rings. The first-order valence-electron chi connectivity index (χ1n) is 12.7. The van der Waals surface area contributed by atoms with E-state index in [1.165, 1.54) is 67.0 Å². The van der Waals surface area contributed by atoms with Gasteiger partial charge in [0, 0.05) is 6.92 Å². The Labute approximate surface area is 212 Å². The molecule has 7 rings (SSSR count). The molecule has 0 unspecified atom stereocenters. The summed E-state index contributed by atoms with van der Waals surface area (Å²) in [6.45, 7) is 8.64. The summed E-state index contributed by atoms with van der Waals surface area (Å²) >= 11 is 0. The third-order valence-corrected chi connectivity index (χ3v) is 8.64. The molecule has 0 N–H and O–H groups in total. The largest absolute Gasteiger partial charge is 0.245 e. The number of hydrogen-bond donors (Lipinski definition) is 0. The quantitative estimate of drug-likeness (QED) is 0.235. The Bertz CT molecular complexity index is 1700. The maximum atomic E-state index is 4.92. The van der Waals surface area contributed by atoms with Gasteiger partial charge < -0.3 is 0 Å². The fourth-order valence-corrected chi connectivity index (χ4v) is 6.92. The maximum absolute atomic E-state index is 4.92. The van der Waals surface area contributed by atoms with Crippen molar-refractivity contribution in [2.75, 3.05) is 0 Å². The zero-order chi connectivity index (χ0) is 24.8. The van der Waals surface area contributed by atoms with Crippen molar-refractivity contribution >= 4 is 0 Å². The average molecular weight is 466 g/mol. The van der Waals surface area contributed by atoms with E-state index in [1.54, 1.807) is 0 Å². The van der Waals surface area contributed by atoms with Gasteiger partial charge in [0.25, 0.3) is 0 Å². The van der Waals surface area contributed by atoms with Gasteiger partial charge in [0.2, 0.25) is 5.69 Å². The standard InChI is InChI=1S/C34H29N2/c1-20-18-28-26-14-8-11-17-31(26)34(29-15-9-6-12-24(29)25-13-7-10-16-30(25)34)32(28)19-27(20)33-22(3)35-21(2)23(4)36(33)5/h6-19H,1-5H3/q+1. The van der Waals surface area contributed by atoms with E-state index in [0.29, 0.717) is 0 Å². The van der Waals surface area contributed by atoms with Crippen LogP contribution in [-0.4, -0.2) is 4.98 Å². The summed E-state index contributed by atoms with van der Waals surface area (Å²) in [4.78, 5) is 4.92. The highest BCUT2D eigenvalue weighted by Crippen LogP contribution is 2.63. The molecule has 2 aliphatic carbocycles. The van der Waals surface area contributed by atoms with Gasteiger partial charge in [0.15, 0.2) is 5.69 Å². The lowest BCUT2D eigenvalue weighted by Gasteiger charge is -2.30. The van der Waals surface area contributed by atoms with Gasteiger partial charge in [-0.05, 0) is 76.9 Å². The Balaban J connectivity index is 1.64. The van der Waals surface area contributed by atoms with Gasteiger partial charge in [0.05, 0.1) is 11.0 Å². The Morgan fingerprint density at radius 1 is 0.556 bits per heavy atom. The molecule has 174 valence electrons. The van der Waals surface area contributed by atoms with Crippen molar-refractivity contribution in [1.29, 1.82) is 0 Å². The fourth-order valence-electron chi connectivity index (χ4n) is 6.92. The van der Waals surface area contributed by atoms with Crippen LogP contribution in [0.2, 0.25) is 0 Å². The molecule has 0 saturated carbocycles. The maximum Gasteiger partial charge on any atom is 0.234 e. The molecule has 0 bridgehead atoms. The van der Waals surface area contributed by atoms with Crippen LogP contribution in [0, 0.1) is 27.7 Å². The second-order valence-electron chi connectivity index (χ2n) is 10.4. The molecule has 1 heterocycles. The number of fused-ring (bicyclic) bond motifs is 10. The molecular weight excluding hydrogens is 436 g/mol. The van der Waals surface area contributed by atoms with Crippen LogP contribution in [0.4, 0.5) is 0 Å². The first-order chi connectivity index (χ1) is 17.4. The highest BCUT2D eigenvalue weighted by molar-refractivity contribution is 5.96. The summed E-state index contributed by atoms with van der Waals surface area (Å²) < 4.78 is 2.32. The molecule has 0 atom stereocenters. The average Bonchev–Trinajstić information content (AvgIpc) is 3.34. The molecule has 0 aliphatic heterocycles. The summed E-state index contributed by atoms with van der Waals surface area (Å²) in [6, 6.07) is 31.9. The van der Waals surface area contributed by atoms with E-state index in [1.807, 2.05) is 0 Å². The smallest absolute Gasteiger partial charge is 0.234 e. The minimum Gasteiger partial charge on any atom is -0.245 e. The van der Waals surface area contributed by atoms with Crippen LogP contribution in [0.3, 0.4) is 0 Å². The summed E-state index contributed by atoms with van der Waals surface area (Å²) in [5, 5.41) is 0. The van der Waals surface area contributed by atoms with E-state index in [9.17, 15) is 0 Å². The Morgan fingerprint density at radius 2 is 1.06 bits per heavy atom. The molecule has 0 radical (unpaired) electrons. The van der Waals surface area contributed by atoms with E-state index in [4.69, 9.17) is 4.98 Å². The van der Waals surface area contributed by atoms with Crippen molar-refractivity contribution in [3.8, 4) is 33.5 Å². The predicted molar refractivity (Wildman–Crippen MR) is 146 cm³/mol. The lowest BCUT2D eigenvalue weighted by molar-refractivity contribution is -0.667. The van der Waals surface area contributed by atoms with Gasteiger partial charge in [-0.1, -0.05) is 78.9 Å². The van der Waals surface area contributed by atoms with Gasteiger partial charge in [-0.25, -0.2) is 4.98 Å². The number of hydrogen-bond acceptors (Lipinski definition) is 1. The molecule has 0 amide bonds. The zero-order valence-corrected chi connectivity index (χ0v) is 21.5. The monoisotopic (exact) mass is 465 g/mol. The van der Waals surface area contributed by atoms with Gasteiger partial charge in [-0.3, -0.25) is 0 Å². The van der Waals surface area contributed by atoms with E-state index in [-0.39, 0.29) is 5.41 Å². The lowest BCUT2D eigenvalue weighted by atomic mass is 9.70. The first-order valence-corrected chi connectivity index (χ1v) is 12.7. The number of nitrogens with zero attached hydrogens (tertiary/aromatic N) is 2. The second-order valence-corrected chi connectivity index (χ2v) is 10.4. The van der Waals surface area contributed by atoms with E-state index in [2.05, 4.69) is 124 Å². The SMILES string of the molecule is Cc1cc2c(cc1-c1c(C)nc(C)c(C)[n+]1C)C1(c3ccccc3-c3ccccc31)c1ccccc1-2. The van der Waals surface area contributed by atoms with Crippen LogP contribution < -0.4 is 4.57 Å². The van der Waals surface area contributed by atoms with E-state index < -0.39 is 0 Å². The first kappa shape index (κ1) is 21.3. The summed E-state index contributed by atoms with van der Waals surface area (Å²) in [7, 11) is 2.17. The number of rotatable bonds is 1. The molecule has 2 heteroatoms. The normalized spacial score (nSPS) is 13.9. The molecular formula is C34H29N2+. The summed E-state index contributed by atoms with van der Waals surface area (Å²) in [6.07, 6.45) is 0. The fraction of sp³-hybridized carbons (Fsp3) is 0.176. The van der Waals surface area contributed by atoms with Gasteiger partial charge in [0.1, 0.15) is 18.4 Å². The molecule has 4 aromatic carbocycles. The lowest BCUT2D eigenvalue weighted by Crippen LogP contribution is -2.37. The van der Waals surface area contributed by atoms with Crippen molar-refractivity contribution < 1.29 is 4.57 Å². The minimum atomic E-state index is -0.318. The molecule has 2 nitrogen and oxygen atoms in total. The van der Waals surface area contributed by atoms with Crippen LogP contribution in [0.5, 0.6) is 0 Å². The molecule has 5 aromatic rings. The van der Waals surface area contributed by atoms with Crippen LogP contribution in [0.25, 0.3) is 33.5 Å². The molecule has 1 aromatic heterocycles. The third-order valence-electron chi connectivity index (χ3n) is 8.64.